The van der Waals surface area contributed by atoms with Crippen molar-refractivity contribution in [2.24, 2.45) is 0 Å². The quantitative estimate of drug-likeness (QED) is 0.435. The maximum absolute atomic E-state index is 15.3. The SMILES string of the molecule is Cc1ncc2c(N)nc3cc(F)c(C(=O)N4C(C)COC[C@@H]4c4cn5ccccc5n4)cc3n12. The first-order chi connectivity index (χ1) is 16.4. The summed E-state index contributed by atoms with van der Waals surface area (Å²) in [6.45, 7) is 4.34. The van der Waals surface area contributed by atoms with Crippen molar-refractivity contribution in [2.75, 3.05) is 18.9 Å². The molecule has 5 heterocycles. The van der Waals surface area contributed by atoms with Crippen molar-refractivity contribution in [3.8, 4) is 0 Å². The van der Waals surface area contributed by atoms with E-state index in [4.69, 9.17) is 10.5 Å². The molecule has 0 bridgehead atoms. The number of nitrogen functional groups attached to an aromatic ring is 1. The first-order valence-electron chi connectivity index (χ1n) is 11.0. The van der Waals surface area contributed by atoms with Crippen LogP contribution in [0, 0.1) is 12.7 Å². The molecule has 10 heteroatoms. The van der Waals surface area contributed by atoms with Crippen molar-refractivity contribution >= 4 is 33.9 Å². The highest BCUT2D eigenvalue weighted by Gasteiger charge is 2.36. The Hall–Kier alpha value is -4.05. The Morgan fingerprint density at radius 3 is 2.88 bits per heavy atom. The average Bonchev–Trinajstić information content (AvgIpc) is 3.42. The number of fused-ring (bicyclic) bond motifs is 4. The molecule has 6 rings (SSSR count). The lowest BCUT2D eigenvalue weighted by Gasteiger charge is -2.39. The maximum atomic E-state index is 15.3. The van der Waals surface area contributed by atoms with E-state index in [2.05, 4.69) is 15.0 Å². The zero-order valence-electron chi connectivity index (χ0n) is 18.6. The Morgan fingerprint density at radius 2 is 2.06 bits per heavy atom. The van der Waals surface area contributed by atoms with Crippen LogP contribution in [0.3, 0.4) is 0 Å². The van der Waals surface area contributed by atoms with Crippen molar-refractivity contribution in [1.82, 2.24) is 28.7 Å². The lowest BCUT2D eigenvalue weighted by Crippen LogP contribution is -2.49. The number of hydrogen-bond acceptors (Lipinski definition) is 6. The van der Waals surface area contributed by atoms with Gasteiger partial charge in [0.25, 0.3) is 5.91 Å². The van der Waals surface area contributed by atoms with Crippen LogP contribution in [-0.4, -0.2) is 53.8 Å². The molecule has 1 unspecified atom stereocenters. The van der Waals surface area contributed by atoms with Gasteiger partial charge in [0.15, 0.2) is 0 Å². The van der Waals surface area contributed by atoms with Gasteiger partial charge in [0.05, 0.1) is 53.8 Å². The third-order valence-electron chi connectivity index (χ3n) is 6.38. The monoisotopic (exact) mass is 459 g/mol. The summed E-state index contributed by atoms with van der Waals surface area (Å²) in [5.74, 6) is -0.171. The van der Waals surface area contributed by atoms with E-state index in [0.29, 0.717) is 34.7 Å². The number of pyridine rings is 1. The Balaban J connectivity index is 1.48. The molecule has 2 atom stereocenters. The Labute approximate surface area is 193 Å². The molecule has 0 radical (unpaired) electrons. The molecule has 1 amide bonds. The molecule has 4 aromatic heterocycles. The summed E-state index contributed by atoms with van der Waals surface area (Å²) in [6.07, 6.45) is 5.39. The van der Waals surface area contributed by atoms with Gasteiger partial charge in [-0.3, -0.25) is 9.20 Å². The molecule has 1 fully saturated rings. The van der Waals surface area contributed by atoms with E-state index in [1.165, 1.54) is 12.1 Å². The summed E-state index contributed by atoms with van der Waals surface area (Å²) in [7, 11) is 0. The number of benzene rings is 1. The third-order valence-corrected chi connectivity index (χ3v) is 6.38. The molecule has 0 aliphatic carbocycles. The highest BCUT2D eigenvalue weighted by atomic mass is 19.1. The van der Waals surface area contributed by atoms with Crippen LogP contribution in [0.1, 0.15) is 34.8 Å². The van der Waals surface area contributed by atoms with Gasteiger partial charge < -0.3 is 19.8 Å². The summed E-state index contributed by atoms with van der Waals surface area (Å²) in [5.41, 5.74) is 8.98. The lowest BCUT2D eigenvalue weighted by atomic mass is 10.0. The molecule has 34 heavy (non-hydrogen) atoms. The van der Waals surface area contributed by atoms with E-state index in [1.54, 1.807) is 15.5 Å². The Morgan fingerprint density at radius 1 is 1.21 bits per heavy atom. The van der Waals surface area contributed by atoms with Gasteiger partial charge in [-0.05, 0) is 32.0 Å². The van der Waals surface area contributed by atoms with Crippen molar-refractivity contribution < 1.29 is 13.9 Å². The lowest BCUT2D eigenvalue weighted by molar-refractivity contribution is -0.0328. The van der Waals surface area contributed by atoms with Gasteiger partial charge in [-0.25, -0.2) is 19.3 Å². The standard InChI is InChI=1S/C24H22FN7O2/c1-13-11-34-12-21(18-10-30-6-4-3-5-22(30)28-18)31(13)24(33)15-7-19-17(8-16(15)25)29-23(26)20-9-27-14(2)32(19)20/h3-10,13,21H,11-12H2,1-2H3,(H2,26,29)/t13?,21-/m1/s1. The number of nitrogens with two attached hydrogens (primary N) is 1. The van der Waals surface area contributed by atoms with Crippen LogP contribution in [-0.2, 0) is 4.74 Å². The number of amides is 1. The molecule has 2 N–H and O–H groups in total. The van der Waals surface area contributed by atoms with Crippen LogP contribution in [0.25, 0.3) is 22.2 Å². The number of aromatic nitrogens is 5. The Kier molecular flexibility index (Phi) is 4.53. The van der Waals surface area contributed by atoms with Crippen LogP contribution in [0.15, 0.2) is 48.9 Å². The summed E-state index contributed by atoms with van der Waals surface area (Å²) in [6, 6.07) is 7.76. The number of carbonyl (C=O) groups excluding carboxylic acids is 1. The molecule has 1 aliphatic heterocycles. The first-order valence-corrected chi connectivity index (χ1v) is 11.0. The van der Waals surface area contributed by atoms with E-state index in [0.717, 1.165) is 5.65 Å². The molecular formula is C24H22FN7O2. The third kappa shape index (κ3) is 3.02. The largest absolute Gasteiger partial charge is 0.382 e. The minimum absolute atomic E-state index is 0.0454. The van der Waals surface area contributed by atoms with Crippen LogP contribution in [0.4, 0.5) is 10.2 Å². The number of imidazole rings is 2. The van der Waals surface area contributed by atoms with E-state index < -0.39 is 17.8 Å². The predicted octanol–water partition coefficient (Wildman–Crippen LogP) is 3.16. The topological polar surface area (TPSA) is 103 Å². The number of aryl methyl sites for hydroxylation is 1. The zero-order valence-corrected chi connectivity index (χ0v) is 18.6. The number of nitrogens with zero attached hydrogens (tertiary/aromatic N) is 6. The molecule has 1 aliphatic rings. The zero-order chi connectivity index (χ0) is 23.6. The predicted molar refractivity (Wildman–Crippen MR) is 124 cm³/mol. The number of ether oxygens (including phenoxy) is 1. The molecule has 172 valence electrons. The molecule has 1 aromatic carbocycles. The normalized spacial score (nSPS) is 18.9. The van der Waals surface area contributed by atoms with Crippen LogP contribution in [0.5, 0.6) is 0 Å². The number of rotatable bonds is 2. The minimum Gasteiger partial charge on any atom is -0.382 e. The highest BCUT2D eigenvalue weighted by molar-refractivity contribution is 5.99. The van der Waals surface area contributed by atoms with Crippen molar-refractivity contribution in [3.63, 3.8) is 0 Å². The maximum Gasteiger partial charge on any atom is 0.257 e. The molecule has 0 saturated carbocycles. The number of hydrogen-bond donors (Lipinski definition) is 1. The number of carbonyl (C=O) groups is 1. The second-order valence-electron chi connectivity index (χ2n) is 8.59. The fourth-order valence-corrected chi connectivity index (χ4v) is 4.74. The second kappa shape index (κ2) is 7.49. The Bertz CT molecular complexity index is 1560. The van der Waals surface area contributed by atoms with E-state index in [-0.39, 0.29) is 24.0 Å². The smallest absolute Gasteiger partial charge is 0.257 e. The fourth-order valence-electron chi connectivity index (χ4n) is 4.74. The summed E-state index contributed by atoms with van der Waals surface area (Å²) >= 11 is 0. The molecule has 1 saturated heterocycles. The molecule has 0 spiro atoms. The van der Waals surface area contributed by atoms with Gasteiger partial charge in [0, 0.05) is 18.5 Å². The van der Waals surface area contributed by atoms with Crippen LogP contribution >= 0.6 is 0 Å². The van der Waals surface area contributed by atoms with Gasteiger partial charge >= 0.3 is 0 Å². The second-order valence-corrected chi connectivity index (χ2v) is 8.59. The number of halogens is 1. The van der Waals surface area contributed by atoms with Crippen LogP contribution < -0.4 is 5.73 Å². The van der Waals surface area contributed by atoms with E-state index >= 15 is 4.39 Å². The molecule has 9 nitrogen and oxygen atoms in total. The van der Waals surface area contributed by atoms with Crippen molar-refractivity contribution in [2.45, 2.75) is 25.9 Å². The first kappa shape index (κ1) is 20.5. The van der Waals surface area contributed by atoms with Gasteiger partial charge in [-0.2, -0.15) is 0 Å². The van der Waals surface area contributed by atoms with Gasteiger partial charge in [0.2, 0.25) is 0 Å². The van der Waals surface area contributed by atoms with Gasteiger partial charge in [-0.15, -0.1) is 0 Å². The molecular weight excluding hydrogens is 437 g/mol. The summed E-state index contributed by atoms with van der Waals surface area (Å²) in [4.78, 5) is 28.8. The van der Waals surface area contributed by atoms with E-state index in [9.17, 15) is 4.79 Å². The van der Waals surface area contributed by atoms with Gasteiger partial charge in [-0.1, -0.05) is 6.07 Å². The van der Waals surface area contributed by atoms with E-state index in [1.807, 2.05) is 48.8 Å². The average molecular weight is 459 g/mol. The number of anilines is 1. The highest BCUT2D eigenvalue weighted by Crippen LogP contribution is 2.31. The fraction of sp³-hybridized carbons (Fsp3) is 0.250. The van der Waals surface area contributed by atoms with Crippen molar-refractivity contribution in [3.05, 3.63) is 71.8 Å². The number of morpholine rings is 1. The van der Waals surface area contributed by atoms with Crippen molar-refractivity contribution in [1.29, 1.82) is 0 Å². The minimum atomic E-state index is -0.658. The summed E-state index contributed by atoms with van der Waals surface area (Å²) in [5, 5.41) is 0. The van der Waals surface area contributed by atoms with Crippen LogP contribution in [0.2, 0.25) is 0 Å². The van der Waals surface area contributed by atoms with Gasteiger partial charge in [0.1, 0.15) is 28.6 Å². The summed E-state index contributed by atoms with van der Waals surface area (Å²) < 4.78 is 24.7. The molecule has 5 aromatic rings.